The van der Waals surface area contributed by atoms with E-state index in [0.29, 0.717) is 34.9 Å². The molecule has 0 atom stereocenters. The van der Waals surface area contributed by atoms with Gasteiger partial charge in [-0.15, -0.1) is 0 Å². The predicted octanol–water partition coefficient (Wildman–Crippen LogP) is 5.85. The van der Waals surface area contributed by atoms with Crippen LogP contribution >= 0.6 is 11.6 Å². The average Bonchev–Trinajstić information content (AvgIpc) is 2.81. The van der Waals surface area contributed by atoms with E-state index in [-0.39, 0.29) is 17.9 Å². The first-order valence-electron chi connectivity index (χ1n) is 10.7. The average molecular weight is 463 g/mol. The van der Waals surface area contributed by atoms with E-state index in [1.54, 1.807) is 19.2 Å². The van der Waals surface area contributed by atoms with Gasteiger partial charge in [0, 0.05) is 21.7 Å². The molecule has 4 nitrogen and oxygen atoms in total. The predicted molar refractivity (Wildman–Crippen MR) is 130 cm³/mol. The van der Waals surface area contributed by atoms with Crippen molar-refractivity contribution in [2.45, 2.75) is 26.3 Å². The molecule has 0 aliphatic heterocycles. The first kappa shape index (κ1) is 22.7. The lowest BCUT2D eigenvalue weighted by atomic mass is 9.94. The molecule has 0 N–H and O–H groups in total. The van der Waals surface area contributed by atoms with Gasteiger partial charge in [0.2, 0.25) is 0 Å². The highest BCUT2D eigenvalue weighted by Gasteiger charge is 2.20. The van der Waals surface area contributed by atoms with Gasteiger partial charge in [-0.1, -0.05) is 60.1 Å². The first-order valence-corrected chi connectivity index (χ1v) is 11.1. The second kappa shape index (κ2) is 10.0. The molecule has 0 fully saturated rings. The number of para-hydroxylation sites is 1. The smallest absolute Gasteiger partial charge is 0.270 e. The highest BCUT2D eigenvalue weighted by atomic mass is 35.5. The Morgan fingerprint density at radius 3 is 2.52 bits per heavy atom. The van der Waals surface area contributed by atoms with Gasteiger partial charge < -0.3 is 4.74 Å². The van der Waals surface area contributed by atoms with Crippen LogP contribution in [0.4, 0.5) is 4.39 Å². The fourth-order valence-corrected chi connectivity index (χ4v) is 4.25. The maximum atomic E-state index is 13.7. The molecule has 6 heteroatoms. The Bertz CT molecular complexity index is 1350. The minimum absolute atomic E-state index is 0.196. The maximum absolute atomic E-state index is 13.7. The minimum atomic E-state index is -0.292. The van der Waals surface area contributed by atoms with E-state index in [1.165, 1.54) is 16.8 Å². The van der Waals surface area contributed by atoms with E-state index >= 15 is 0 Å². The molecule has 1 aromatic heterocycles. The minimum Gasteiger partial charge on any atom is -0.496 e. The second-order valence-corrected chi connectivity index (χ2v) is 8.23. The number of methoxy groups -OCH3 is 1. The van der Waals surface area contributed by atoms with E-state index in [1.807, 2.05) is 55.5 Å². The molecule has 33 heavy (non-hydrogen) atoms. The molecule has 3 aromatic carbocycles. The van der Waals surface area contributed by atoms with Crippen molar-refractivity contribution in [1.82, 2.24) is 9.78 Å². The van der Waals surface area contributed by atoms with Crippen LogP contribution in [-0.4, -0.2) is 16.9 Å². The van der Waals surface area contributed by atoms with Crippen molar-refractivity contribution in [1.29, 1.82) is 0 Å². The van der Waals surface area contributed by atoms with Crippen LogP contribution in [0.3, 0.4) is 0 Å². The zero-order valence-electron chi connectivity index (χ0n) is 18.5. The maximum Gasteiger partial charge on any atom is 0.270 e. The highest BCUT2D eigenvalue weighted by Crippen LogP contribution is 2.33. The number of aromatic nitrogens is 2. The largest absolute Gasteiger partial charge is 0.496 e. The number of nitrogens with zero attached hydrogens (tertiary/aromatic N) is 2. The lowest BCUT2D eigenvalue weighted by molar-refractivity contribution is 0.416. The Kier molecular flexibility index (Phi) is 6.90. The van der Waals surface area contributed by atoms with Gasteiger partial charge in [0.05, 0.1) is 19.3 Å². The number of benzene rings is 3. The van der Waals surface area contributed by atoms with Gasteiger partial charge in [0.1, 0.15) is 11.6 Å². The summed E-state index contributed by atoms with van der Waals surface area (Å²) < 4.78 is 20.7. The van der Waals surface area contributed by atoms with Crippen molar-refractivity contribution in [2.24, 2.45) is 0 Å². The normalized spacial score (nSPS) is 10.9. The van der Waals surface area contributed by atoms with Crippen molar-refractivity contribution in [2.75, 3.05) is 7.11 Å². The van der Waals surface area contributed by atoms with Gasteiger partial charge in [0.25, 0.3) is 5.56 Å². The number of hydrogen-bond acceptors (Lipinski definition) is 3. The Hall–Kier alpha value is -3.44. The number of aryl methyl sites for hydroxylation is 2. The lowest BCUT2D eigenvalue weighted by Crippen LogP contribution is -2.29. The van der Waals surface area contributed by atoms with Crippen LogP contribution in [0.15, 0.2) is 77.6 Å². The summed E-state index contributed by atoms with van der Waals surface area (Å²) in [6, 6.07) is 21.4. The standard InChI is InChI=1S/C27H24ClFN2O2/c1-18-26(22-11-4-6-13-25(22)33-2)23(15-14-19-8-7-10-21(29)16-19)27(32)31(30-18)17-20-9-3-5-12-24(20)28/h3-13,16H,14-15,17H2,1-2H3. The molecule has 4 aromatic rings. The quantitative estimate of drug-likeness (QED) is 0.346. The molecule has 0 unspecified atom stereocenters. The summed E-state index contributed by atoms with van der Waals surface area (Å²) in [6.45, 7) is 2.15. The molecule has 0 saturated heterocycles. The summed E-state index contributed by atoms with van der Waals surface area (Å²) >= 11 is 6.33. The molecular formula is C27H24ClFN2O2. The van der Waals surface area contributed by atoms with Crippen LogP contribution < -0.4 is 10.3 Å². The van der Waals surface area contributed by atoms with Crippen molar-refractivity contribution < 1.29 is 9.13 Å². The van der Waals surface area contributed by atoms with Gasteiger partial charge in [0.15, 0.2) is 0 Å². The van der Waals surface area contributed by atoms with E-state index in [4.69, 9.17) is 16.3 Å². The van der Waals surface area contributed by atoms with Crippen molar-refractivity contribution >= 4 is 11.6 Å². The van der Waals surface area contributed by atoms with Crippen LogP contribution in [0.5, 0.6) is 5.75 Å². The monoisotopic (exact) mass is 462 g/mol. The Morgan fingerprint density at radius 1 is 1.00 bits per heavy atom. The molecule has 0 amide bonds. The SMILES string of the molecule is COc1ccccc1-c1c(C)nn(Cc2ccccc2Cl)c(=O)c1CCc1cccc(F)c1. The van der Waals surface area contributed by atoms with E-state index in [2.05, 4.69) is 5.10 Å². The van der Waals surface area contributed by atoms with Crippen LogP contribution in [-0.2, 0) is 19.4 Å². The van der Waals surface area contributed by atoms with E-state index < -0.39 is 0 Å². The molecular weight excluding hydrogens is 439 g/mol. The van der Waals surface area contributed by atoms with Gasteiger partial charge in [-0.25, -0.2) is 9.07 Å². The van der Waals surface area contributed by atoms with Crippen LogP contribution in [0.1, 0.15) is 22.4 Å². The molecule has 1 heterocycles. The second-order valence-electron chi connectivity index (χ2n) is 7.82. The summed E-state index contributed by atoms with van der Waals surface area (Å²) in [5.41, 5.74) is 4.33. The molecule has 0 spiro atoms. The zero-order chi connectivity index (χ0) is 23.4. The van der Waals surface area contributed by atoms with E-state index in [0.717, 1.165) is 22.3 Å². The molecule has 0 aliphatic rings. The van der Waals surface area contributed by atoms with E-state index in [9.17, 15) is 9.18 Å². The van der Waals surface area contributed by atoms with Gasteiger partial charge in [-0.05, 0) is 55.2 Å². The summed E-state index contributed by atoms with van der Waals surface area (Å²) in [7, 11) is 1.60. The van der Waals surface area contributed by atoms with Gasteiger partial charge >= 0.3 is 0 Å². The Morgan fingerprint density at radius 2 is 1.76 bits per heavy atom. The summed E-state index contributed by atoms with van der Waals surface area (Å²) in [6.07, 6.45) is 0.951. The zero-order valence-corrected chi connectivity index (χ0v) is 19.3. The third kappa shape index (κ3) is 4.99. The van der Waals surface area contributed by atoms with Crippen molar-refractivity contribution in [3.05, 3.63) is 116 Å². The van der Waals surface area contributed by atoms with Gasteiger partial charge in [-0.2, -0.15) is 5.10 Å². The Balaban J connectivity index is 1.84. The third-order valence-electron chi connectivity index (χ3n) is 5.63. The fraction of sp³-hybridized carbons (Fsp3) is 0.185. The van der Waals surface area contributed by atoms with Crippen LogP contribution in [0.2, 0.25) is 5.02 Å². The fourth-order valence-electron chi connectivity index (χ4n) is 4.06. The summed E-state index contributed by atoms with van der Waals surface area (Å²) in [4.78, 5) is 13.7. The summed E-state index contributed by atoms with van der Waals surface area (Å²) in [5.74, 6) is 0.372. The first-order chi connectivity index (χ1) is 16.0. The third-order valence-corrected chi connectivity index (χ3v) is 6.00. The molecule has 168 valence electrons. The lowest BCUT2D eigenvalue weighted by Gasteiger charge is -2.17. The van der Waals surface area contributed by atoms with Gasteiger partial charge in [-0.3, -0.25) is 4.79 Å². The molecule has 0 bridgehead atoms. The van der Waals surface area contributed by atoms with Crippen LogP contribution in [0.25, 0.3) is 11.1 Å². The number of hydrogen-bond donors (Lipinski definition) is 0. The number of ether oxygens (including phenoxy) is 1. The van der Waals surface area contributed by atoms with Crippen molar-refractivity contribution in [3.8, 4) is 16.9 Å². The molecule has 4 rings (SSSR count). The Labute approximate surface area is 197 Å². The topological polar surface area (TPSA) is 44.1 Å². The summed E-state index contributed by atoms with van der Waals surface area (Å²) in [5, 5.41) is 5.20. The molecule has 0 aliphatic carbocycles. The highest BCUT2D eigenvalue weighted by molar-refractivity contribution is 6.31. The van der Waals surface area contributed by atoms with Crippen molar-refractivity contribution in [3.63, 3.8) is 0 Å². The van der Waals surface area contributed by atoms with Crippen LogP contribution in [0, 0.1) is 12.7 Å². The molecule has 0 saturated carbocycles. The molecule has 0 radical (unpaired) electrons. The number of rotatable bonds is 7. The number of halogens is 2.